The van der Waals surface area contributed by atoms with Gasteiger partial charge >= 0.3 is 0 Å². The van der Waals surface area contributed by atoms with Gasteiger partial charge in [0.05, 0.1) is 11.2 Å². The normalized spacial score (nSPS) is 10.5. The summed E-state index contributed by atoms with van der Waals surface area (Å²) < 4.78 is 0. The van der Waals surface area contributed by atoms with E-state index in [9.17, 15) is 0 Å². The van der Waals surface area contributed by atoms with Gasteiger partial charge in [-0.15, -0.1) is 11.3 Å². The summed E-state index contributed by atoms with van der Waals surface area (Å²) in [4.78, 5) is 5.88. The van der Waals surface area contributed by atoms with Crippen molar-refractivity contribution >= 4 is 11.3 Å². The number of thiazole rings is 1. The number of aryl methyl sites for hydroxylation is 1. The van der Waals surface area contributed by atoms with Gasteiger partial charge in [-0.3, -0.25) is 0 Å². The van der Waals surface area contributed by atoms with Crippen LogP contribution in [0.3, 0.4) is 0 Å². The molecule has 0 fully saturated rings. The number of rotatable bonds is 4. The monoisotopic (exact) mass is 217 g/mol. The Morgan fingerprint density at radius 3 is 2.73 bits per heavy atom. The van der Waals surface area contributed by atoms with Crippen LogP contribution in [0.25, 0.3) is 11.3 Å². The van der Waals surface area contributed by atoms with Gasteiger partial charge in [-0.25, -0.2) is 4.98 Å². The first kappa shape index (κ1) is 10.4. The van der Waals surface area contributed by atoms with Crippen LogP contribution >= 0.6 is 11.3 Å². The SMILES string of the molecule is CCCCc1scnc1-c1ccccc1. The summed E-state index contributed by atoms with van der Waals surface area (Å²) >= 11 is 1.77. The maximum absolute atomic E-state index is 4.46. The molecule has 0 aliphatic heterocycles. The zero-order valence-corrected chi connectivity index (χ0v) is 9.76. The number of unbranched alkanes of at least 4 members (excludes halogenated alkanes) is 1. The molecule has 1 nitrogen and oxygen atoms in total. The second kappa shape index (κ2) is 5.08. The fourth-order valence-electron chi connectivity index (χ4n) is 1.62. The van der Waals surface area contributed by atoms with E-state index < -0.39 is 0 Å². The maximum Gasteiger partial charge on any atom is 0.0843 e. The average molecular weight is 217 g/mol. The average Bonchev–Trinajstić information content (AvgIpc) is 2.75. The minimum absolute atomic E-state index is 1.16. The van der Waals surface area contributed by atoms with Gasteiger partial charge in [0.2, 0.25) is 0 Å². The molecule has 0 radical (unpaired) electrons. The van der Waals surface area contributed by atoms with E-state index in [0.29, 0.717) is 0 Å². The smallest absolute Gasteiger partial charge is 0.0843 e. The van der Waals surface area contributed by atoms with Crippen molar-refractivity contribution in [3.8, 4) is 11.3 Å². The second-order valence-electron chi connectivity index (χ2n) is 3.59. The highest BCUT2D eigenvalue weighted by Gasteiger charge is 2.07. The van der Waals surface area contributed by atoms with Crippen LogP contribution < -0.4 is 0 Å². The Labute approximate surface area is 94.8 Å². The standard InChI is InChI=1S/C13H15NS/c1-2-3-9-12-13(14-10-15-12)11-7-5-4-6-8-11/h4-8,10H,2-3,9H2,1H3. The molecule has 1 heterocycles. The van der Waals surface area contributed by atoms with Crippen molar-refractivity contribution in [1.82, 2.24) is 4.98 Å². The summed E-state index contributed by atoms with van der Waals surface area (Å²) in [6.45, 7) is 2.23. The van der Waals surface area contributed by atoms with Crippen molar-refractivity contribution in [3.05, 3.63) is 40.7 Å². The second-order valence-corrected chi connectivity index (χ2v) is 4.53. The van der Waals surface area contributed by atoms with E-state index in [1.165, 1.54) is 29.0 Å². The third kappa shape index (κ3) is 2.45. The van der Waals surface area contributed by atoms with Crippen molar-refractivity contribution < 1.29 is 0 Å². The lowest BCUT2D eigenvalue weighted by atomic mass is 10.1. The number of aromatic nitrogens is 1. The molecule has 2 rings (SSSR count). The Morgan fingerprint density at radius 1 is 1.20 bits per heavy atom. The minimum atomic E-state index is 1.16. The molecular formula is C13H15NS. The van der Waals surface area contributed by atoms with Crippen molar-refractivity contribution in [2.45, 2.75) is 26.2 Å². The molecule has 0 saturated heterocycles. The largest absolute Gasteiger partial charge is 0.244 e. The summed E-state index contributed by atoms with van der Waals surface area (Å²) in [5.74, 6) is 0. The molecule has 0 unspecified atom stereocenters. The van der Waals surface area contributed by atoms with Crippen LogP contribution in [0.1, 0.15) is 24.6 Å². The van der Waals surface area contributed by atoms with Crippen LogP contribution in [0, 0.1) is 0 Å². The van der Waals surface area contributed by atoms with Crippen molar-refractivity contribution in [1.29, 1.82) is 0 Å². The molecule has 0 aliphatic rings. The molecule has 0 aliphatic carbocycles. The van der Waals surface area contributed by atoms with Gasteiger partial charge in [0.25, 0.3) is 0 Å². The Hall–Kier alpha value is -1.15. The van der Waals surface area contributed by atoms with E-state index in [4.69, 9.17) is 0 Å². The molecule has 2 aromatic rings. The minimum Gasteiger partial charge on any atom is -0.244 e. The summed E-state index contributed by atoms with van der Waals surface area (Å²) in [5, 5.41) is 0. The van der Waals surface area contributed by atoms with Gasteiger partial charge in [0.15, 0.2) is 0 Å². The van der Waals surface area contributed by atoms with Crippen LogP contribution in [0.4, 0.5) is 0 Å². The van der Waals surface area contributed by atoms with Gasteiger partial charge in [0.1, 0.15) is 0 Å². The van der Waals surface area contributed by atoms with Gasteiger partial charge in [-0.05, 0) is 12.8 Å². The van der Waals surface area contributed by atoms with Crippen LogP contribution in [-0.2, 0) is 6.42 Å². The van der Waals surface area contributed by atoms with E-state index in [2.05, 4.69) is 36.2 Å². The van der Waals surface area contributed by atoms with Gasteiger partial charge in [-0.2, -0.15) is 0 Å². The van der Waals surface area contributed by atoms with Crippen LogP contribution in [-0.4, -0.2) is 4.98 Å². The van der Waals surface area contributed by atoms with E-state index in [1.807, 2.05) is 11.6 Å². The maximum atomic E-state index is 4.46. The quantitative estimate of drug-likeness (QED) is 0.749. The first-order valence-electron chi connectivity index (χ1n) is 5.39. The summed E-state index contributed by atoms with van der Waals surface area (Å²) in [7, 11) is 0. The van der Waals surface area contributed by atoms with Gasteiger partial charge < -0.3 is 0 Å². The molecule has 0 saturated carbocycles. The molecule has 1 aromatic carbocycles. The Balaban J connectivity index is 2.25. The summed E-state index contributed by atoms with van der Waals surface area (Å²) in [6, 6.07) is 10.4. The number of nitrogens with zero attached hydrogens (tertiary/aromatic N) is 1. The predicted octanol–water partition coefficient (Wildman–Crippen LogP) is 4.15. The molecule has 15 heavy (non-hydrogen) atoms. The zero-order valence-electron chi connectivity index (χ0n) is 8.94. The van der Waals surface area contributed by atoms with Gasteiger partial charge in [-0.1, -0.05) is 43.7 Å². The summed E-state index contributed by atoms with van der Waals surface area (Å²) in [5.41, 5.74) is 4.37. The van der Waals surface area contributed by atoms with E-state index in [0.717, 1.165) is 6.42 Å². The lowest BCUT2D eigenvalue weighted by molar-refractivity contribution is 0.804. The molecule has 0 bridgehead atoms. The van der Waals surface area contributed by atoms with E-state index >= 15 is 0 Å². The fourth-order valence-corrected chi connectivity index (χ4v) is 2.45. The van der Waals surface area contributed by atoms with E-state index in [-0.39, 0.29) is 0 Å². The highest BCUT2D eigenvalue weighted by atomic mass is 32.1. The summed E-state index contributed by atoms with van der Waals surface area (Å²) in [6.07, 6.45) is 3.65. The molecular weight excluding hydrogens is 202 g/mol. The van der Waals surface area contributed by atoms with E-state index in [1.54, 1.807) is 11.3 Å². The van der Waals surface area contributed by atoms with Crippen LogP contribution in [0.2, 0.25) is 0 Å². The van der Waals surface area contributed by atoms with Gasteiger partial charge in [0, 0.05) is 10.4 Å². The molecule has 2 heteroatoms. The lowest BCUT2D eigenvalue weighted by Gasteiger charge is -2.01. The third-order valence-electron chi connectivity index (χ3n) is 2.45. The first-order chi connectivity index (χ1) is 7.42. The number of hydrogen-bond donors (Lipinski definition) is 0. The highest BCUT2D eigenvalue weighted by molar-refractivity contribution is 7.10. The molecule has 0 spiro atoms. The fraction of sp³-hybridized carbons (Fsp3) is 0.308. The van der Waals surface area contributed by atoms with Crippen LogP contribution in [0.5, 0.6) is 0 Å². The molecule has 0 atom stereocenters. The van der Waals surface area contributed by atoms with Crippen molar-refractivity contribution in [3.63, 3.8) is 0 Å². The molecule has 0 amide bonds. The van der Waals surface area contributed by atoms with Crippen molar-refractivity contribution in [2.75, 3.05) is 0 Å². The third-order valence-corrected chi connectivity index (χ3v) is 3.34. The zero-order chi connectivity index (χ0) is 10.5. The Morgan fingerprint density at radius 2 is 2.00 bits per heavy atom. The predicted molar refractivity (Wildman–Crippen MR) is 66.2 cm³/mol. The lowest BCUT2D eigenvalue weighted by Crippen LogP contribution is -1.85. The molecule has 78 valence electrons. The first-order valence-corrected chi connectivity index (χ1v) is 6.27. The number of hydrogen-bond acceptors (Lipinski definition) is 2. The van der Waals surface area contributed by atoms with Crippen LogP contribution in [0.15, 0.2) is 35.8 Å². The number of benzene rings is 1. The highest BCUT2D eigenvalue weighted by Crippen LogP contribution is 2.26. The molecule has 1 aromatic heterocycles. The Bertz CT molecular complexity index is 405. The Kier molecular flexibility index (Phi) is 3.51. The topological polar surface area (TPSA) is 12.9 Å². The molecule has 0 N–H and O–H groups in total. The van der Waals surface area contributed by atoms with Crippen molar-refractivity contribution in [2.24, 2.45) is 0 Å².